The number of rotatable bonds is 4. The van der Waals surface area contributed by atoms with E-state index in [0.717, 1.165) is 0 Å². The standard InChI is InChI=1S/C12H17N3O4S/c1-19-12(16)10-14-5-7-15(8-6-14)20(17,18)11-3-2-4-13-9-11/h2-4,9H,5-8,10H2,1H3. The van der Waals surface area contributed by atoms with Crippen molar-refractivity contribution in [2.24, 2.45) is 0 Å². The number of piperazine rings is 1. The molecule has 1 saturated heterocycles. The highest BCUT2D eigenvalue weighted by Gasteiger charge is 2.29. The van der Waals surface area contributed by atoms with Crippen molar-refractivity contribution in [1.29, 1.82) is 0 Å². The van der Waals surface area contributed by atoms with Crippen LogP contribution in [0.4, 0.5) is 0 Å². The maximum atomic E-state index is 12.3. The zero-order chi connectivity index (χ0) is 14.6. The minimum Gasteiger partial charge on any atom is -0.468 e. The number of esters is 1. The Bertz CT molecular complexity index is 553. The van der Waals surface area contributed by atoms with Crippen LogP contribution in [0.2, 0.25) is 0 Å². The van der Waals surface area contributed by atoms with Crippen molar-refractivity contribution in [1.82, 2.24) is 14.2 Å². The van der Waals surface area contributed by atoms with Gasteiger partial charge in [0.1, 0.15) is 4.90 Å². The molecule has 0 N–H and O–H groups in total. The van der Waals surface area contributed by atoms with Crippen molar-refractivity contribution in [3.63, 3.8) is 0 Å². The second-order valence-corrected chi connectivity index (χ2v) is 6.38. The van der Waals surface area contributed by atoms with Gasteiger partial charge in [-0.05, 0) is 12.1 Å². The number of pyridine rings is 1. The summed E-state index contributed by atoms with van der Waals surface area (Å²) in [5, 5.41) is 0. The number of carbonyl (C=O) groups is 1. The van der Waals surface area contributed by atoms with Crippen LogP contribution in [0.25, 0.3) is 0 Å². The molecule has 0 spiro atoms. The second-order valence-electron chi connectivity index (χ2n) is 4.45. The number of methoxy groups -OCH3 is 1. The normalized spacial score (nSPS) is 17.9. The minimum atomic E-state index is -3.49. The maximum absolute atomic E-state index is 12.3. The lowest BCUT2D eigenvalue weighted by atomic mass is 10.3. The summed E-state index contributed by atoms with van der Waals surface area (Å²) < 4.78 is 30.7. The molecule has 0 aromatic carbocycles. The van der Waals surface area contributed by atoms with Gasteiger partial charge in [0.05, 0.1) is 13.7 Å². The number of hydrogen-bond donors (Lipinski definition) is 0. The third-order valence-electron chi connectivity index (χ3n) is 3.18. The van der Waals surface area contributed by atoms with Gasteiger partial charge < -0.3 is 4.74 Å². The highest BCUT2D eigenvalue weighted by molar-refractivity contribution is 7.89. The molecule has 8 heteroatoms. The zero-order valence-corrected chi connectivity index (χ0v) is 12.0. The molecule has 0 saturated carbocycles. The van der Waals surface area contributed by atoms with Crippen LogP contribution in [0, 0.1) is 0 Å². The van der Waals surface area contributed by atoms with E-state index in [-0.39, 0.29) is 17.4 Å². The number of sulfonamides is 1. The average molecular weight is 299 g/mol. The van der Waals surface area contributed by atoms with Crippen LogP contribution >= 0.6 is 0 Å². The van der Waals surface area contributed by atoms with Gasteiger partial charge in [-0.25, -0.2) is 8.42 Å². The van der Waals surface area contributed by atoms with Crippen molar-refractivity contribution in [2.45, 2.75) is 4.90 Å². The Hall–Kier alpha value is -1.51. The average Bonchev–Trinajstić information content (AvgIpc) is 2.48. The van der Waals surface area contributed by atoms with E-state index in [0.29, 0.717) is 26.2 Å². The highest BCUT2D eigenvalue weighted by Crippen LogP contribution is 2.16. The number of aromatic nitrogens is 1. The minimum absolute atomic E-state index is 0.192. The molecular weight excluding hydrogens is 282 g/mol. The van der Waals surface area contributed by atoms with E-state index in [1.807, 2.05) is 4.90 Å². The molecule has 1 aromatic heterocycles. The van der Waals surface area contributed by atoms with Crippen LogP contribution in [0.1, 0.15) is 0 Å². The first-order chi connectivity index (χ1) is 9.54. The van der Waals surface area contributed by atoms with Crippen molar-refractivity contribution in [2.75, 3.05) is 39.8 Å². The van der Waals surface area contributed by atoms with Gasteiger partial charge in [-0.15, -0.1) is 0 Å². The van der Waals surface area contributed by atoms with E-state index in [1.54, 1.807) is 6.07 Å². The molecule has 1 aliphatic rings. The van der Waals surface area contributed by atoms with Gasteiger partial charge >= 0.3 is 5.97 Å². The monoisotopic (exact) mass is 299 g/mol. The summed E-state index contributed by atoms with van der Waals surface area (Å²) in [6.45, 7) is 1.92. The third kappa shape index (κ3) is 3.33. The summed E-state index contributed by atoms with van der Waals surface area (Å²) in [4.78, 5) is 17.1. The first-order valence-corrected chi connectivity index (χ1v) is 7.67. The fraction of sp³-hybridized carbons (Fsp3) is 0.500. The summed E-state index contributed by atoms with van der Waals surface area (Å²) in [6, 6.07) is 3.13. The fourth-order valence-electron chi connectivity index (χ4n) is 2.02. The Balaban J connectivity index is 1.99. The maximum Gasteiger partial charge on any atom is 0.319 e. The van der Waals surface area contributed by atoms with Gasteiger partial charge in [0.2, 0.25) is 10.0 Å². The Morgan fingerprint density at radius 2 is 2.05 bits per heavy atom. The lowest BCUT2D eigenvalue weighted by Gasteiger charge is -2.33. The van der Waals surface area contributed by atoms with Gasteiger partial charge in [0, 0.05) is 38.6 Å². The molecule has 0 atom stereocenters. The Kier molecular flexibility index (Phi) is 4.69. The molecule has 110 valence electrons. The van der Waals surface area contributed by atoms with Crippen molar-refractivity contribution in [3.05, 3.63) is 24.5 Å². The summed E-state index contributed by atoms with van der Waals surface area (Å²) in [7, 11) is -2.15. The van der Waals surface area contributed by atoms with E-state index >= 15 is 0 Å². The second kappa shape index (κ2) is 6.29. The predicted molar refractivity (Wildman–Crippen MR) is 71.5 cm³/mol. The van der Waals surface area contributed by atoms with E-state index in [9.17, 15) is 13.2 Å². The van der Waals surface area contributed by atoms with Crippen LogP contribution in [0.5, 0.6) is 0 Å². The van der Waals surface area contributed by atoms with Crippen molar-refractivity contribution >= 4 is 16.0 Å². The molecule has 1 aliphatic heterocycles. The van der Waals surface area contributed by atoms with Crippen LogP contribution in [-0.4, -0.2) is 68.4 Å². The molecule has 0 unspecified atom stereocenters. The Morgan fingerprint density at radius 3 is 2.60 bits per heavy atom. The summed E-state index contributed by atoms with van der Waals surface area (Å²) in [6.07, 6.45) is 2.88. The van der Waals surface area contributed by atoms with E-state index in [2.05, 4.69) is 9.72 Å². The third-order valence-corrected chi connectivity index (χ3v) is 5.07. The smallest absolute Gasteiger partial charge is 0.319 e. The molecule has 0 radical (unpaired) electrons. The van der Waals surface area contributed by atoms with E-state index in [4.69, 9.17) is 0 Å². The molecule has 1 aromatic rings. The lowest BCUT2D eigenvalue weighted by Crippen LogP contribution is -2.49. The number of ether oxygens (including phenoxy) is 1. The first-order valence-electron chi connectivity index (χ1n) is 6.23. The first kappa shape index (κ1) is 14.9. The van der Waals surface area contributed by atoms with Gasteiger partial charge in [0.15, 0.2) is 0 Å². The molecule has 20 heavy (non-hydrogen) atoms. The molecule has 7 nitrogen and oxygen atoms in total. The summed E-state index contributed by atoms with van der Waals surface area (Å²) >= 11 is 0. The largest absolute Gasteiger partial charge is 0.468 e. The van der Waals surface area contributed by atoms with E-state index in [1.165, 1.54) is 29.9 Å². The fourth-order valence-corrected chi connectivity index (χ4v) is 3.41. The molecule has 0 aliphatic carbocycles. The van der Waals surface area contributed by atoms with Crippen LogP contribution in [0.3, 0.4) is 0 Å². The summed E-state index contributed by atoms with van der Waals surface area (Å²) in [5.74, 6) is -0.312. The van der Waals surface area contributed by atoms with Crippen molar-refractivity contribution < 1.29 is 17.9 Å². The zero-order valence-electron chi connectivity index (χ0n) is 11.2. The molecule has 0 amide bonds. The highest BCUT2D eigenvalue weighted by atomic mass is 32.2. The number of nitrogens with zero attached hydrogens (tertiary/aromatic N) is 3. The predicted octanol–water partition coefficient (Wildman–Crippen LogP) is -0.439. The quantitative estimate of drug-likeness (QED) is 0.701. The molecular formula is C12H17N3O4S. The lowest BCUT2D eigenvalue weighted by molar-refractivity contribution is -0.142. The van der Waals surface area contributed by atoms with Crippen LogP contribution < -0.4 is 0 Å². The molecule has 2 rings (SSSR count). The number of carbonyl (C=O) groups excluding carboxylic acids is 1. The van der Waals surface area contributed by atoms with Gasteiger partial charge in [-0.3, -0.25) is 14.7 Å². The van der Waals surface area contributed by atoms with Crippen molar-refractivity contribution in [3.8, 4) is 0 Å². The molecule has 2 heterocycles. The number of hydrogen-bond acceptors (Lipinski definition) is 6. The molecule has 1 fully saturated rings. The van der Waals surface area contributed by atoms with Gasteiger partial charge in [0.25, 0.3) is 0 Å². The van der Waals surface area contributed by atoms with E-state index < -0.39 is 10.0 Å². The Labute approximate surface area is 118 Å². The Morgan fingerprint density at radius 1 is 1.35 bits per heavy atom. The van der Waals surface area contributed by atoms with Gasteiger partial charge in [-0.1, -0.05) is 0 Å². The van der Waals surface area contributed by atoms with Crippen LogP contribution in [0.15, 0.2) is 29.4 Å². The summed E-state index contributed by atoms with van der Waals surface area (Å²) in [5.41, 5.74) is 0. The topological polar surface area (TPSA) is 79.8 Å². The van der Waals surface area contributed by atoms with Gasteiger partial charge in [-0.2, -0.15) is 4.31 Å². The van der Waals surface area contributed by atoms with Crippen LogP contribution in [-0.2, 0) is 19.6 Å². The molecule has 0 bridgehead atoms. The SMILES string of the molecule is COC(=O)CN1CCN(S(=O)(=O)c2cccnc2)CC1.